The highest BCUT2D eigenvalue weighted by Crippen LogP contribution is 2.45. The molecule has 598 valence electrons. The van der Waals surface area contributed by atoms with Gasteiger partial charge >= 0.3 is 39.5 Å². The SMILES string of the molecule is CC/C=C\C/C=C\C/C=C\C/C=C\C/C=C\C/C=C\CCC(=O)OCC(COP(=O)(O)OCC(O)COP(=O)(O)OCC(COC(=O)CCCCCC/C=C\C/C=C\C/C=C\C/C=C\CC)OC(=O)CCCCCCC/C=C\CCCCCCCC)OC(=O)C/C=C\C/C=C\C/C=C\C/C=C\C/C=C\CC. The standard InChI is InChI=1S/C87H138O17P2/c1-5-9-13-17-21-25-29-33-37-39-40-42-46-48-52-56-60-64-68-72-85(90)98-78-83(104-87(92)74-70-66-62-58-54-50-44-36-32-28-24-20-16-12-8-4)80-102-106(95,96)100-76-81(88)75-99-105(93,94)101-79-82(103-86(91)73-69-65-61-57-53-49-43-35-31-27-23-19-15-11-7-3)77-97-84(89)71-67-63-59-55-51-47-45-41-38-34-30-26-22-18-14-10-6-2/h9-10,12-14,16,21-22,24-26,28,33-38,40,42-45,47-48,52,54,58,60,64,66,70,81-83,88H,5-8,11,15,17-20,23,27,29-32,39,41,46,49-51,53,55-57,59,61-63,65,67-69,71-80H2,1-4H3,(H,93,94)(H,95,96)/b13-9-,14-10-,16-12-,25-21-,26-22-,28-24-,37-33-,38-34-,42-40-,43-35-,44-36-,47-45-,52-48-,58-54-,64-60-,70-66-. The van der Waals surface area contributed by atoms with Crippen LogP contribution in [0.2, 0.25) is 0 Å². The second-order valence-electron chi connectivity index (χ2n) is 25.5. The molecule has 0 aromatic heterocycles. The summed E-state index contributed by atoms with van der Waals surface area (Å²) in [6.45, 7) is 4.26. The van der Waals surface area contributed by atoms with E-state index in [0.717, 1.165) is 148 Å². The molecule has 5 unspecified atom stereocenters. The zero-order chi connectivity index (χ0) is 77.4. The van der Waals surface area contributed by atoms with Gasteiger partial charge in [-0.3, -0.25) is 37.3 Å². The van der Waals surface area contributed by atoms with Crippen LogP contribution in [0.1, 0.15) is 272 Å². The van der Waals surface area contributed by atoms with Gasteiger partial charge in [-0.15, -0.1) is 0 Å². The van der Waals surface area contributed by atoms with E-state index >= 15 is 0 Å². The number of phosphoric ester groups is 2. The summed E-state index contributed by atoms with van der Waals surface area (Å²) in [6.07, 6.45) is 94.6. The number of unbranched alkanes of at least 4 members (excludes halogenated alkanes) is 15. The minimum Gasteiger partial charge on any atom is -0.462 e. The second kappa shape index (κ2) is 77.1. The molecule has 19 heteroatoms. The lowest BCUT2D eigenvalue weighted by Crippen LogP contribution is -2.30. The Morgan fingerprint density at radius 2 is 0.547 bits per heavy atom. The number of rotatable bonds is 72. The van der Waals surface area contributed by atoms with Gasteiger partial charge in [-0.1, -0.05) is 286 Å². The predicted octanol–water partition coefficient (Wildman–Crippen LogP) is 23.3. The van der Waals surface area contributed by atoms with Crippen LogP contribution in [0, 0.1) is 0 Å². The molecule has 0 saturated heterocycles. The first-order valence-electron chi connectivity index (χ1n) is 39.7. The summed E-state index contributed by atoms with van der Waals surface area (Å²) in [5, 5.41) is 10.6. The van der Waals surface area contributed by atoms with Gasteiger partial charge in [-0.05, 0) is 154 Å². The zero-order valence-electron chi connectivity index (χ0n) is 65.3. The molecule has 0 fully saturated rings. The van der Waals surface area contributed by atoms with Crippen molar-refractivity contribution in [1.29, 1.82) is 0 Å². The summed E-state index contributed by atoms with van der Waals surface area (Å²) in [5.74, 6) is -2.48. The van der Waals surface area contributed by atoms with Crippen molar-refractivity contribution in [1.82, 2.24) is 0 Å². The minimum atomic E-state index is -5.03. The molecule has 0 aliphatic rings. The van der Waals surface area contributed by atoms with E-state index in [2.05, 4.69) is 180 Å². The molecule has 0 heterocycles. The third kappa shape index (κ3) is 76.1. The maximum Gasteiger partial charge on any atom is 0.472 e. The third-order valence-electron chi connectivity index (χ3n) is 15.6. The summed E-state index contributed by atoms with van der Waals surface area (Å²) in [7, 11) is -10.0. The first kappa shape index (κ1) is 99.9. The second-order valence-corrected chi connectivity index (χ2v) is 28.4. The van der Waals surface area contributed by atoms with E-state index in [0.29, 0.717) is 32.1 Å². The van der Waals surface area contributed by atoms with Crippen LogP contribution < -0.4 is 0 Å². The van der Waals surface area contributed by atoms with Gasteiger partial charge in [-0.25, -0.2) is 9.13 Å². The van der Waals surface area contributed by atoms with E-state index < -0.39 is 97.5 Å². The molecular weight excluding hydrogens is 1380 g/mol. The highest BCUT2D eigenvalue weighted by molar-refractivity contribution is 7.47. The fourth-order valence-electron chi connectivity index (χ4n) is 9.66. The molecule has 0 bridgehead atoms. The maximum atomic E-state index is 13.1. The first-order chi connectivity index (χ1) is 51.7. The number of carbonyl (C=O) groups is 4. The number of carbonyl (C=O) groups excluding carboxylic acids is 4. The molecule has 106 heavy (non-hydrogen) atoms. The minimum absolute atomic E-state index is 0.00836. The van der Waals surface area contributed by atoms with Gasteiger partial charge in [-0.2, -0.15) is 0 Å². The van der Waals surface area contributed by atoms with Crippen LogP contribution in [0.5, 0.6) is 0 Å². The van der Waals surface area contributed by atoms with Crippen molar-refractivity contribution in [2.45, 2.75) is 290 Å². The molecule has 3 N–H and O–H groups in total. The fraction of sp³-hybridized carbons (Fsp3) is 0.586. The molecule has 0 amide bonds. The number of ether oxygens (including phenoxy) is 4. The average Bonchev–Trinajstić information content (AvgIpc) is 0.909. The number of phosphoric acid groups is 2. The van der Waals surface area contributed by atoms with Gasteiger partial charge in [0.25, 0.3) is 0 Å². The third-order valence-corrected chi connectivity index (χ3v) is 17.5. The Balaban J connectivity index is 5.54. The van der Waals surface area contributed by atoms with Crippen molar-refractivity contribution in [3.63, 3.8) is 0 Å². The van der Waals surface area contributed by atoms with E-state index in [1.165, 1.54) is 38.5 Å². The molecule has 0 aliphatic heterocycles. The maximum absolute atomic E-state index is 13.1. The Bertz CT molecular complexity index is 2780. The van der Waals surface area contributed by atoms with Crippen molar-refractivity contribution in [3.05, 3.63) is 194 Å². The quantitative estimate of drug-likeness (QED) is 0.0169. The van der Waals surface area contributed by atoms with Gasteiger partial charge in [0.05, 0.1) is 32.8 Å². The van der Waals surface area contributed by atoms with E-state index in [4.69, 9.17) is 37.0 Å². The van der Waals surface area contributed by atoms with Crippen LogP contribution in [0.4, 0.5) is 0 Å². The van der Waals surface area contributed by atoms with Crippen molar-refractivity contribution in [2.75, 3.05) is 39.6 Å². The predicted molar refractivity (Wildman–Crippen MR) is 436 cm³/mol. The zero-order valence-corrected chi connectivity index (χ0v) is 67.1. The first-order valence-corrected chi connectivity index (χ1v) is 42.7. The molecule has 0 aromatic rings. The molecule has 0 saturated carbocycles. The lowest BCUT2D eigenvalue weighted by atomic mass is 10.1. The Labute approximate surface area is 640 Å². The fourth-order valence-corrected chi connectivity index (χ4v) is 11.2. The van der Waals surface area contributed by atoms with Crippen molar-refractivity contribution in [3.8, 4) is 0 Å². The Morgan fingerprint density at radius 3 is 0.906 bits per heavy atom. The summed E-state index contributed by atoms with van der Waals surface area (Å²) in [5.41, 5.74) is 0. The van der Waals surface area contributed by atoms with Crippen LogP contribution in [0.25, 0.3) is 0 Å². The van der Waals surface area contributed by atoms with Crippen LogP contribution in [-0.4, -0.2) is 96.7 Å². The number of esters is 4. The Kier molecular flexibility index (Phi) is 72.6. The van der Waals surface area contributed by atoms with Crippen LogP contribution >= 0.6 is 15.6 Å². The monoisotopic (exact) mass is 1520 g/mol. The van der Waals surface area contributed by atoms with Gasteiger partial charge in [0.2, 0.25) is 0 Å². The van der Waals surface area contributed by atoms with E-state index in [1.54, 1.807) is 12.2 Å². The number of aliphatic hydroxyl groups excluding tert-OH is 1. The normalized spacial score (nSPS) is 14.9. The highest BCUT2D eigenvalue weighted by atomic mass is 31.2. The topological polar surface area (TPSA) is 237 Å². The number of hydrogen-bond donors (Lipinski definition) is 3. The highest BCUT2D eigenvalue weighted by Gasteiger charge is 2.30. The van der Waals surface area contributed by atoms with Gasteiger partial charge in [0.1, 0.15) is 19.3 Å². The van der Waals surface area contributed by atoms with Crippen molar-refractivity contribution in [2.24, 2.45) is 0 Å². The summed E-state index contributed by atoms with van der Waals surface area (Å²) in [6, 6.07) is 0. The molecule has 0 spiro atoms. The van der Waals surface area contributed by atoms with Gasteiger partial charge in [0.15, 0.2) is 12.2 Å². The van der Waals surface area contributed by atoms with Gasteiger partial charge < -0.3 is 33.8 Å². The summed E-state index contributed by atoms with van der Waals surface area (Å²) in [4.78, 5) is 72.9. The number of allylic oxidation sites excluding steroid dienone is 31. The van der Waals surface area contributed by atoms with Crippen LogP contribution in [-0.2, 0) is 65.4 Å². The van der Waals surface area contributed by atoms with Crippen LogP contribution in [0.3, 0.4) is 0 Å². The summed E-state index contributed by atoms with van der Waals surface area (Å²) >= 11 is 0. The van der Waals surface area contributed by atoms with Gasteiger partial charge in [0, 0.05) is 19.3 Å². The molecule has 0 radical (unpaired) electrons. The molecule has 0 rings (SSSR count). The molecular formula is C87H138O17P2. The Morgan fingerprint density at radius 1 is 0.283 bits per heavy atom. The molecule has 17 nitrogen and oxygen atoms in total. The Hall–Kier alpha value is -6.10. The van der Waals surface area contributed by atoms with Crippen LogP contribution in [0.15, 0.2) is 194 Å². The average molecular weight is 1520 g/mol. The smallest absolute Gasteiger partial charge is 0.462 e. The number of aliphatic hydroxyl groups is 1. The van der Waals surface area contributed by atoms with E-state index in [1.807, 2.05) is 30.4 Å². The molecule has 5 atom stereocenters. The van der Waals surface area contributed by atoms with E-state index in [9.17, 15) is 43.2 Å². The molecule has 0 aromatic carbocycles. The lowest BCUT2D eigenvalue weighted by Gasteiger charge is -2.21. The lowest BCUT2D eigenvalue weighted by molar-refractivity contribution is -0.161. The molecule has 0 aliphatic carbocycles. The summed E-state index contributed by atoms with van der Waals surface area (Å²) < 4.78 is 68.3. The largest absolute Gasteiger partial charge is 0.472 e. The number of hydrogen-bond acceptors (Lipinski definition) is 15. The van der Waals surface area contributed by atoms with Crippen molar-refractivity contribution < 1.29 is 80.2 Å². The van der Waals surface area contributed by atoms with E-state index in [-0.39, 0.29) is 25.7 Å². The van der Waals surface area contributed by atoms with Crippen molar-refractivity contribution >= 4 is 39.5 Å².